The fourth-order valence-corrected chi connectivity index (χ4v) is 1.29. The highest BCUT2D eigenvalue weighted by Crippen LogP contribution is 2.19. The third-order valence-corrected chi connectivity index (χ3v) is 2.21. The molecule has 0 saturated heterocycles. The van der Waals surface area contributed by atoms with E-state index in [1.807, 2.05) is 6.07 Å². The largest absolute Gasteiger partial charge is 0.462 e. The van der Waals surface area contributed by atoms with Gasteiger partial charge in [-0.3, -0.25) is 0 Å². The van der Waals surface area contributed by atoms with Crippen LogP contribution in [-0.2, 0) is 4.74 Å². The number of carbonyl (C=O) groups is 1. The van der Waals surface area contributed by atoms with Gasteiger partial charge in [0.1, 0.15) is 0 Å². The van der Waals surface area contributed by atoms with Crippen molar-refractivity contribution in [2.75, 3.05) is 12.3 Å². The van der Waals surface area contributed by atoms with Gasteiger partial charge in [-0.25, -0.2) is 4.79 Å². The van der Waals surface area contributed by atoms with Crippen LogP contribution in [0.4, 0.5) is 5.69 Å². The Morgan fingerprint density at radius 2 is 2.31 bits per heavy atom. The number of benzene rings is 1. The number of nitriles is 1. The molecule has 0 saturated carbocycles. The Morgan fingerprint density at radius 3 is 3.00 bits per heavy atom. The van der Waals surface area contributed by atoms with Crippen molar-refractivity contribution in [2.45, 2.75) is 12.8 Å². The van der Waals surface area contributed by atoms with E-state index in [1.165, 1.54) is 6.07 Å². The van der Waals surface area contributed by atoms with Crippen LogP contribution in [0.3, 0.4) is 0 Å². The summed E-state index contributed by atoms with van der Waals surface area (Å²) in [6, 6.07) is 6.58. The zero-order chi connectivity index (χ0) is 12.0. The highest BCUT2D eigenvalue weighted by molar-refractivity contribution is 6.33. The van der Waals surface area contributed by atoms with Crippen LogP contribution in [0.2, 0.25) is 5.02 Å². The van der Waals surface area contributed by atoms with Crippen molar-refractivity contribution in [3.05, 3.63) is 28.8 Å². The Bertz CT molecular complexity index is 426. The number of esters is 1. The van der Waals surface area contributed by atoms with Gasteiger partial charge in [-0.05, 0) is 24.6 Å². The van der Waals surface area contributed by atoms with Crippen LogP contribution in [-0.4, -0.2) is 12.6 Å². The fraction of sp³-hybridized carbons (Fsp3) is 0.273. The molecule has 0 aliphatic heterocycles. The van der Waals surface area contributed by atoms with Gasteiger partial charge in [0, 0.05) is 12.1 Å². The lowest BCUT2D eigenvalue weighted by atomic mass is 10.2. The molecule has 1 aromatic carbocycles. The van der Waals surface area contributed by atoms with Crippen molar-refractivity contribution in [3.8, 4) is 6.07 Å². The third kappa shape index (κ3) is 3.44. The first-order valence-corrected chi connectivity index (χ1v) is 5.12. The normalized spacial score (nSPS) is 9.50. The minimum atomic E-state index is -0.518. The summed E-state index contributed by atoms with van der Waals surface area (Å²) in [4.78, 5) is 11.5. The quantitative estimate of drug-likeness (QED) is 0.496. The molecule has 0 heterocycles. The first kappa shape index (κ1) is 12.3. The van der Waals surface area contributed by atoms with E-state index in [0.29, 0.717) is 23.6 Å². The number of hydrogen-bond donors (Lipinski definition) is 1. The molecule has 0 fully saturated rings. The first-order chi connectivity index (χ1) is 7.65. The van der Waals surface area contributed by atoms with E-state index < -0.39 is 5.97 Å². The SMILES string of the molecule is N#CCCCOC(=O)c1cc(N)ccc1Cl. The first-order valence-electron chi connectivity index (χ1n) is 4.74. The van der Waals surface area contributed by atoms with Crippen molar-refractivity contribution in [1.82, 2.24) is 0 Å². The van der Waals surface area contributed by atoms with Gasteiger partial charge in [0.15, 0.2) is 0 Å². The van der Waals surface area contributed by atoms with Crippen molar-refractivity contribution in [3.63, 3.8) is 0 Å². The topological polar surface area (TPSA) is 76.1 Å². The molecule has 0 amide bonds. The summed E-state index contributed by atoms with van der Waals surface area (Å²) in [6.45, 7) is 0.206. The molecule has 4 nitrogen and oxygen atoms in total. The lowest BCUT2D eigenvalue weighted by molar-refractivity contribution is 0.0502. The molecule has 2 N–H and O–H groups in total. The average Bonchev–Trinajstić information content (AvgIpc) is 2.27. The Labute approximate surface area is 98.6 Å². The summed E-state index contributed by atoms with van der Waals surface area (Å²) >= 11 is 5.82. The number of ether oxygens (including phenoxy) is 1. The molecule has 0 unspecified atom stereocenters. The third-order valence-electron chi connectivity index (χ3n) is 1.88. The van der Waals surface area contributed by atoms with Crippen LogP contribution in [0.25, 0.3) is 0 Å². The van der Waals surface area contributed by atoms with Crippen LogP contribution in [0.1, 0.15) is 23.2 Å². The molecule has 5 heteroatoms. The van der Waals surface area contributed by atoms with E-state index in [2.05, 4.69) is 0 Å². The summed E-state index contributed by atoms with van der Waals surface area (Å²) in [7, 11) is 0. The standard InChI is InChI=1S/C11H11ClN2O2/c12-10-4-3-8(14)7-9(10)11(15)16-6-2-1-5-13/h3-4,7H,1-2,6,14H2. The van der Waals surface area contributed by atoms with Gasteiger partial charge in [0.25, 0.3) is 0 Å². The predicted molar refractivity (Wildman–Crippen MR) is 61.0 cm³/mol. The number of nitrogens with two attached hydrogens (primary N) is 1. The highest BCUT2D eigenvalue weighted by atomic mass is 35.5. The van der Waals surface area contributed by atoms with Crippen molar-refractivity contribution in [1.29, 1.82) is 5.26 Å². The van der Waals surface area contributed by atoms with Crippen LogP contribution >= 0.6 is 11.6 Å². The summed E-state index contributed by atoms with van der Waals surface area (Å²) in [6.07, 6.45) is 0.875. The maximum absolute atomic E-state index is 11.5. The van der Waals surface area contributed by atoms with Gasteiger partial charge >= 0.3 is 5.97 Å². The smallest absolute Gasteiger partial charge is 0.339 e. The molecule has 1 rings (SSSR count). The lowest BCUT2D eigenvalue weighted by Gasteiger charge is -2.05. The van der Waals surface area contributed by atoms with E-state index in [-0.39, 0.29) is 12.2 Å². The van der Waals surface area contributed by atoms with Crippen LogP contribution < -0.4 is 5.73 Å². The number of nitrogen functional groups attached to an aromatic ring is 1. The fourth-order valence-electron chi connectivity index (χ4n) is 1.09. The van der Waals surface area contributed by atoms with Gasteiger partial charge < -0.3 is 10.5 Å². The van der Waals surface area contributed by atoms with Gasteiger partial charge in [-0.1, -0.05) is 11.6 Å². The summed E-state index contributed by atoms with van der Waals surface area (Å²) in [5.41, 5.74) is 6.23. The number of nitrogens with zero attached hydrogens (tertiary/aromatic N) is 1. The van der Waals surface area contributed by atoms with Crippen molar-refractivity contribution in [2.24, 2.45) is 0 Å². The molecular weight excluding hydrogens is 228 g/mol. The van der Waals surface area contributed by atoms with Crippen LogP contribution in [0.15, 0.2) is 18.2 Å². The Morgan fingerprint density at radius 1 is 1.56 bits per heavy atom. The molecule has 0 aromatic heterocycles. The summed E-state index contributed by atoms with van der Waals surface area (Å²) in [5, 5.41) is 8.61. The molecule has 0 aliphatic rings. The molecule has 16 heavy (non-hydrogen) atoms. The zero-order valence-corrected chi connectivity index (χ0v) is 9.33. The van der Waals surface area contributed by atoms with E-state index in [9.17, 15) is 4.79 Å². The molecule has 0 radical (unpaired) electrons. The molecule has 0 spiro atoms. The maximum Gasteiger partial charge on any atom is 0.339 e. The van der Waals surface area contributed by atoms with E-state index in [1.54, 1.807) is 12.1 Å². The monoisotopic (exact) mass is 238 g/mol. The minimum absolute atomic E-state index is 0.206. The molecular formula is C11H11ClN2O2. The maximum atomic E-state index is 11.5. The highest BCUT2D eigenvalue weighted by Gasteiger charge is 2.11. The second-order valence-corrected chi connectivity index (χ2v) is 3.54. The number of unbranched alkanes of at least 4 members (excludes halogenated alkanes) is 1. The Hall–Kier alpha value is -1.73. The lowest BCUT2D eigenvalue weighted by Crippen LogP contribution is -2.07. The Balaban J connectivity index is 2.59. The molecule has 0 aliphatic carbocycles. The van der Waals surface area contributed by atoms with Crippen LogP contribution in [0.5, 0.6) is 0 Å². The number of anilines is 1. The predicted octanol–water partition coefficient (Wildman–Crippen LogP) is 2.38. The van der Waals surface area contributed by atoms with Gasteiger partial charge in [-0.15, -0.1) is 0 Å². The minimum Gasteiger partial charge on any atom is -0.462 e. The van der Waals surface area contributed by atoms with E-state index in [0.717, 1.165) is 0 Å². The number of halogens is 1. The molecule has 0 bridgehead atoms. The number of carbonyl (C=O) groups excluding carboxylic acids is 1. The Kier molecular flexibility index (Phi) is 4.62. The number of hydrogen-bond acceptors (Lipinski definition) is 4. The molecule has 0 atom stereocenters. The summed E-state index contributed by atoms with van der Waals surface area (Å²) < 4.78 is 4.94. The molecule has 1 aromatic rings. The van der Waals surface area contributed by atoms with Gasteiger partial charge in [0.2, 0.25) is 0 Å². The van der Waals surface area contributed by atoms with Gasteiger partial charge in [0.05, 0.1) is 23.3 Å². The zero-order valence-electron chi connectivity index (χ0n) is 8.57. The van der Waals surface area contributed by atoms with Crippen LogP contribution in [0, 0.1) is 11.3 Å². The van der Waals surface area contributed by atoms with E-state index >= 15 is 0 Å². The van der Waals surface area contributed by atoms with Gasteiger partial charge in [-0.2, -0.15) is 5.26 Å². The van der Waals surface area contributed by atoms with E-state index in [4.69, 9.17) is 27.3 Å². The van der Waals surface area contributed by atoms with Crippen molar-refractivity contribution < 1.29 is 9.53 Å². The second kappa shape index (κ2) is 5.99. The molecule has 84 valence electrons. The number of rotatable bonds is 4. The average molecular weight is 239 g/mol. The summed E-state index contributed by atoms with van der Waals surface area (Å²) in [5.74, 6) is -0.518. The van der Waals surface area contributed by atoms with Crippen molar-refractivity contribution >= 4 is 23.3 Å². The second-order valence-electron chi connectivity index (χ2n) is 3.14.